The van der Waals surface area contributed by atoms with Crippen LogP contribution < -0.4 is 9.47 Å². The van der Waals surface area contributed by atoms with Crippen molar-refractivity contribution in [3.05, 3.63) is 18.2 Å². The lowest BCUT2D eigenvalue weighted by atomic mass is 9.67. The molecule has 0 heterocycles. The number of ether oxygens (including phenoxy) is 2. The van der Waals surface area contributed by atoms with Gasteiger partial charge in [-0.25, -0.2) is 0 Å². The summed E-state index contributed by atoms with van der Waals surface area (Å²) in [4.78, 5) is 0. The van der Waals surface area contributed by atoms with E-state index in [1.54, 1.807) is 6.07 Å². The topological polar surface area (TPSA) is 38.7 Å². The van der Waals surface area contributed by atoms with Crippen LogP contribution in [0.25, 0.3) is 0 Å². The summed E-state index contributed by atoms with van der Waals surface area (Å²) in [6.07, 6.45) is 25.8. The second kappa shape index (κ2) is 15.3. The lowest BCUT2D eigenvalue weighted by molar-refractivity contribution is 0.0474. The third-order valence-electron chi connectivity index (χ3n) is 9.77. The lowest BCUT2D eigenvalue weighted by Gasteiger charge is -2.41. The summed E-state index contributed by atoms with van der Waals surface area (Å²) in [6.45, 7) is 9.25. The monoisotopic (exact) mass is 514 g/mol. The molecule has 212 valence electrons. The molecule has 0 aromatic heterocycles. The molecule has 0 unspecified atom stereocenters. The largest absolute Gasteiger partial charge is 0.504 e. The van der Waals surface area contributed by atoms with Crippen molar-refractivity contribution in [2.45, 2.75) is 168 Å². The fourth-order valence-corrected chi connectivity index (χ4v) is 7.16. The van der Waals surface area contributed by atoms with Gasteiger partial charge < -0.3 is 14.6 Å². The Kier molecular flexibility index (Phi) is 12.5. The molecule has 2 aliphatic carbocycles. The van der Waals surface area contributed by atoms with Crippen LogP contribution in [0, 0.1) is 10.8 Å². The summed E-state index contributed by atoms with van der Waals surface area (Å²) in [6, 6.07) is 5.65. The van der Waals surface area contributed by atoms with Crippen molar-refractivity contribution < 1.29 is 14.6 Å². The molecule has 2 saturated carbocycles. The van der Waals surface area contributed by atoms with Crippen LogP contribution in [0.3, 0.4) is 0 Å². The average Bonchev–Trinajstić information content (AvgIpc) is 2.92. The smallest absolute Gasteiger partial charge is 0.203 e. The SMILES string of the molecule is CCCCC1(CCCC)CCC(Oc2cccc(O)c2OC2CCC(CCCC)(CCCC)CC2)CC1. The summed E-state index contributed by atoms with van der Waals surface area (Å²) < 4.78 is 13.1. The number of hydrogen-bond donors (Lipinski definition) is 1. The quantitative estimate of drug-likeness (QED) is 0.238. The Balaban J connectivity index is 1.59. The standard InChI is InChI=1S/C34H58O3/c1-5-9-20-33(21-10-6-2)24-16-28(17-25-33)36-31-15-13-14-30(35)32(31)37-29-18-26-34(27-19-29,22-11-7-3)23-12-8-4/h13-15,28-29,35H,5-12,16-27H2,1-4H3. The lowest BCUT2D eigenvalue weighted by Crippen LogP contribution is -2.33. The normalized spacial score (nSPS) is 20.1. The van der Waals surface area contributed by atoms with E-state index in [1.807, 2.05) is 12.1 Å². The van der Waals surface area contributed by atoms with Gasteiger partial charge in [0.15, 0.2) is 11.5 Å². The highest BCUT2D eigenvalue weighted by Gasteiger charge is 2.37. The molecule has 37 heavy (non-hydrogen) atoms. The molecule has 0 spiro atoms. The van der Waals surface area contributed by atoms with Crippen molar-refractivity contribution in [1.82, 2.24) is 0 Å². The van der Waals surface area contributed by atoms with E-state index in [1.165, 1.54) is 103 Å². The van der Waals surface area contributed by atoms with Crippen molar-refractivity contribution in [3.8, 4) is 17.2 Å². The van der Waals surface area contributed by atoms with Crippen LogP contribution in [0.1, 0.15) is 156 Å². The summed E-state index contributed by atoms with van der Waals surface area (Å²) in [5.41, 5.74) is 1.03. The van der Waals surface area contributed by atoms with Crippen molar-refractivity contribution in [2.75, 3.05) is 0 Å². The molecule has 0 bridgehead atoms. The number of benzene rings is 1. The van der Waals surface area contributed by atoms with Gasteiger partial charge in [-0.05, 0) is 100 Å². The van der Waals surface area contributed by atoms with E-state index in [4.69, 9.17) is 9.47 Å². The highest BCUT2D eigenvalue weighted by molar-refractivity contribution is 5.50. The first-order valence-electron chi connectivity index (χ1n) is 16.1. The van der Waals surface area contributed by atoms with Crippen molar-refractivity contribution in [1.29, 1.82) is 0 Å². The number of hydrogen-bond acceptors (Lipinski definition) is 3. The predicted molar refractivity (Wildman–Crippen MR) is 157 cm³/mol. The summed E-state index contributed by atoms with van der Waals surface area (Å²) >= 11 is 0. The molecule has 3 heteroatoms. The molecule has 1 aromatic carbocycles. The van der Waals surface area contributed by atoms with E-state index in [-0.39, 0.29) is 18.0 Å². The predicted octanol–water partition coefficient (Wildman–Crippen LogP) is 10.8. The minimum Gasteiger partial charge on any atom is -0.504 e. The minimum atomic E-state index is 0.175. The number of rotatable bonds is 16. The van der Waals surface area contributed by atoms with E-state index >= 15 is 0 Å². The van der Waals surface area contributed by atoms with E-state index in [9.17, 15) is 5.11 Å². The molecule has 0 saturated heterocycles. The summed E-state index contributed by atoms with van der Waals surface area (Å²) in [5, 5.41) is 10.8. The number of unbranched alkanes of at least 4 members (excludes halogenated alkanes) is 4. The second-order valence-corrected chi connectivity index (χ2v) is 12.7. The molecule has 1 aromatic rings. The van der Waals surface area contributed by atoms with Gasteiger partial charge in [0.25, 0.3) is 0 Å². The van der Waals surface area contributed by atoms with E-state index in [2.05, 4.69) is 27.7 Å². The molecule has 1 N–H and O–H groups in total. The van der Waals surface area contributed by atoms with Crippen molar-refractivity contribution in [3.63, 3.8) is 0 Å². The molecule has 2 fully saturated rings. The van der Waals surface area contributed by atoms with E-state index in [0.717, 1.165) is 31.4 Å². The van der Waals surface area contributed by atoms with E-state index in [0.29, 0.717) is 16.6 Å². The third-order valence-corrected chi connectivity index (χ3v) is 9.77. The van der Waals surface area contributed by atoms with Gasteiger partial charge in [0.2, 0.25) is 5.75 Å². The maximum atomic E-state index is 10.8. The Morgan fingerprint density at radius 3 is 1.46 bits per heavy atom. The highest BCUT2D eigenvalue weighted by atomic mass is 16.5. The molecule has 3 rings (SSSR count). The van der Waals surface area contributed by atoms with Crippen molar-refractivity contribution >= 4 is 0 Å². The zero-order chi connectivity index (χ0) is 26.6. The zero-order valence-electron chi connectivity index (χ0n) is 24.8. The maximum absolute atomic E-state index is 10.8. The van der Waals surface area contributed by atoms with Crippen LogP contribution in [0.15, 0.2) is 18.2 Å². The van der Waals surface area contributed by atoms with Crippen LogP contribution in [0.4, 0.5) is 0 Å². The zero-order valence-corrected chi connectivity index (χ0v) is 24.8. The Bertz CT molecular complexity index is 736. The van der Waals surface area contributed by atoms with Crippen LogP contribution >= 0.6 is 0 Å². The highest BCUT2D eigenvalue weighted by Crippen LogP contribution is 2.49. The maximum Gasteiger partial charge on any atom is 0.203 e. The number of phenolic OH excluding ortho intramolecular Hbond substituents is 1. The van der Waals surface area contributed by atoms with Crippen LogP contribution in [0.5, 0.6) is 17.2 Å². The van der Waals surface area contributed by atoms with Crippen molar-refractivity contribution in [2.24, 2.45) is 10.8 Å². The van der Waals surface area contributed by atoms with Gasteiger partial charge in [0.1, 0.15) is 0 Å². The third kappa shape index (κ3) is 8.82. The second-order valence-electron chi connectivity index (χ2n) is 12.7. The van der Waals surface area contributed by atoms with Gasteiger partial charge in [0.05, 0.1) is 12.2 Å². The first-order chi connectivity index (χ1) is 18.0. The molecule has 0 amide bonds. The molecular formula is C34H58O3. The number of aromatic hydroxyl groups is 1. The molecular weight excluding hydrogens is 456 g/mol. The van der Waals surface area contributed by atoms with Crippen LogP contribution in [0.2, 0.25) is 0 Å². The number of para-hydroxylation sites is 1. The van der Waals surface area contributed by atoms with Gasteiger partial charge in [-0.15, -0.1) is 0 Å². The Labute approximate surface area is 229 Å². The summed E-state index contributed by atoms with van der Waals surface area (Å²) in [5.74, 6) is 1.55. The molecule has 0 radical (unpaired) electrons. The van der Waals surface area contributed by atoms with Gasteiger partial charge in [-0.2, -0.15) is 0 Å². The average molecular weight is 515 g/mol. The Morgan fingerprint density at radius 2 is 1.05 bits per heavy atom. The first-order valence-corrected chi connectivity index (χ1v) is 16.1. The minimum absolute atomic E-state index is 0.175. The van der Waals surface area contributed by atoms with Crippen LogP contribution in [-0.4, -0.2) is 17.3 Å². The Hall–Kier alpha value is -1.38. The molecule has 3 nitrogen and oxygen atoms in total. The summed E-state index contributed by atoms with van der Waals surface area (Å²) in [7, 11) is 0. The number of phenols is 1. The molecule has 2 aliphatic rings. The molecule has 0 atom stereocenters. The van der Waals surface area contributed by atoms with Gasteiger partial charge >= 0.3 is 0 Å². The molecule has 0 aliphatic heterocycles. The van der Waals surface area contributed by atoms with Gasteiger partial charge in [-0.3, -0.25) is 0 Å². The fourth-order valence-electron chi connectivity index (χ4n) is 7.16. The Morgan fingerprint density at radius 1 is 0.649 bits per heavy atom. The fraction of sp³-hybridized carbons (Fsp3) is 0.824. The van der Waals surface area contributed by atoms with E-state index < -0.39 is 0 Å². The first kappa shape index (κ1) is 30.2. The van der Waals surface area contributed by atoms with Crippen LogP contribution in [-0.2, 0) is 0 Å². The van der Waals surface area contributed by atoms with Gasteiger partial charge in [-0.1, -0.05) is 85.1 Å². The van der Waals surface area contributed by atoms with Gasteiger partial charge in [0, 0.05) is 0 Å².